The molecule has 1 heterocycles. The number of guanidine groups is 1. The molecule has 0 saturated carbocycles. The summed E-state index contributed by atoms with van der Waals surface area (Å²) in [5.41, 5.74) is 3.27. The molecular formula is C21H23F2N5. The summed E-state index contributed by atoms with van der Waals surface area (Å²) in [4.78, 5) is 8.11. The molecule has 2 N–H and O–H groups in total. The lowest BCUT2D eigenvalue weighted by molar-refractivity contribution is 0.615. The Kier molecular flexibility index (Phi) is 6.37. The van der Waals surface area contributed by atoms with E-state index in [2.05, 4.69) is 20.6 Å². The van der Waals surface area contributed by atoms with Gasteiger partial charge in [-0.25, -0.2) is 13.8 Å². The van der Waals surface area contributed by atoms with Gasteiger partial charge in [-0.2, -0.15) is 0 Å². The van der Waals surface area contributed by atoms with Gasteiger partial charge in [-0.1, -0.05) is 12.1 Å². The minimum absolute atomic E-state index is 0.224. The minimum Gasteiger partial charge on any atom is -0.356 e. The van der Waals surface area contributed by atoms with Crippen molar-refractivity contribution in [2.45, 2.75) is 19.9 Å². The largest absolute Gasteiger partial charge is 0.356 e. The monoisotopic (exact) mass is 383 g/mol. The molecule has 2 aromatic carbocycles. The lowest BCUT2D eigenvalue weighted by atomic mass is 10.1. The summed E-state index contributed by atoms with van der Waals surface area (Å²) in [6.07, 6.45) is 5.62. The molecule has 0 aliphatic carbocycles. The van der Waals surface area contributed by atoms with Crippen LogP contribution in [0.2, 0.25) is 0 Å². The van der Waals surface area contributed by atoms with Crippen molar-refractivity contribution in [3.05, 3.63) is 83.4 Å². The van der Waals surface area contributed by atoms with Crippen molar-refractivity contribution in [2.75, 3.05) is 13.6 Å². The van der Waals surface area contributed by atoms with E-state index in [-0.39, 0.29) is 11.6 Å². The zero-order chi connectivity index (χ0) is 19.9. The van der Waals surface area contributed by atoms with E-state index in [1.807, 2.05) is 13.0 Å². The van der Waals surface area contributed by atoms with E-state index < -0.39 is 0 Å². The van der Waals surface area contributed by atoms with Crippen LogP contribution in [-0.2, 0) is 13.0 Å². The predicted octanol–water partition coefficient (Wildman–Crippen LogP) is 3.37. The van der Waals surface area contributed by atoms with E-state index in [9.17, 15) is 8.78 Å². The number of halogens is 2. The highest BCUT2D eigenvalue weighted by Crippen LogP contribution is 2.15. The summed E-state index contributed by atoms with van der Waals surface area (Å²) >= 11 is 0. The summed E-state index contributed by atoms with van der Waals surface area (Å²) in [6.45, 7) is 2.99. The Hall–Kier alpha value is -3.22. The second-order valence-corrected chi connectivity index (χ2v) is 6.43. The summed E-state index contributed by atoms with van der Waals surface area (Å²) in [6, 6.07) is 9.88. The molecule has 0 radical (unpaired) electrons. The van der Waals surface area contributed by atoms with Gasteiger partial charge in [-0.15, -0.1) is 0 Å². The van der Waals surface area contributed by atoms with Crippen LogP contribution in [0.5, 0.6) is 0 Å². The lowest BCUT2D eigenvalue weighted by Gasteiger charge is -2.13. The van der Waals surface area contributed by atoms with Gasteiger partial charge in [0, 0.05) is 32.5 Å². The molecule has 0 fully saturated rings. The van der Waals surface area contributed by atoms with Crippen LogP contribution in [0.1, 0.15) is 16.7 Å². The van der Waals surface area contributed by atoms with Gasteiger partial charge in [0.05, 0.1) is 12.0 Å². The molecule has 1 aromatic heterocycles. The first-order valence-corrected chi connectivity index (χ1v) is 9.03. The van der Waals surface area contributed by atoms with Crippen molar-refractivity contribution in [3.63, 3.8) is 0 Å². The van der Waals surface area contributed by atoms with E-state index in [0.29, 0.717) is 24.7 Å². The third-order valence-electron chi connectivity index (χ3n) is 4.47. The van der Waals surface area contributed by atoms with Crippen LogP contribution in [0.3, 0.4) is 0 Å². The first-order valence-electron chi connectivity index (χ1n) is 9.03. The summed E-state index contributed by atoms with van der Waals surface area (Å²) in [7, 11) is 1.68. The third-order valence-corrected chi connectivity index (χ3v) is 4.47. The fourth-order valence-electron chi connectivity index (χ4n) is 2.93. The normalized spacial score (nSPS) is 11.5. The van der Waals surface area contributed by atoms with Crippen molar-refractivity contribution in [2.24, 2.45) is 4.99 Å². The van der Waals surface area contributed by atoms with Crippen LogP contribution >= 0.6 is 0 Å². The van der Waals surface area contributed by atoms with Gasteiger partial charge >= 0.3 is 0 Å². The molecule has 0 atom stereocenters. The number of benzene rings is 2. The van der Waals surface area contributed by atoms with E-state index in [0.717, 1.165) is 23.1 Å². The fourth-order valence-corrected chi connectivity index (χ4v) is 2.93. The SMILES string of the molecule is CN=C(NCCc1ccc(F)cc1C)NCc1ccc(-n2ccnc2)c(F)c1. The number of imidazole rings is 1. The van der Waals surface area contributed by atoms with Crippen LogP contribution < -0.4 is 10.6 Å². The van der Waals surface area contributed by atoms with Crippen LogP contribution in [0, 0.1) is 18.6 Å². The van der Waals surface area contributed by atoms with Gasteiger partial charge < -0.3 is 15.2 Å². The van der Waals surface area contributed by atoms with Gasteiger partial charge in [0.25, 0.3) is 0 Å². The first-order chi connectivity index (χ1) is 13.6. The van der Waals surface area contributed by atoms with E-state index in [1.165, 1.54) is 18.2 Å². The standard InChI is InChI=1S/C21H23F2N5/c1-15-11-18(22)5-4-17(15)7-8-26-21(24-2)27-13-16-3-6-20(19(23)12-16)28-10-9-25-14-28/h3-6,9-12,14H,7-8,13H2,1-2H3,(H2,24,26,27). The molecule has 0 unspecified atom stereocenters. The Morgan fingerprint density at radius 2 is 2.00 bits per heavy atom. The van der Waals surface area contributed by atoms with Gasteiger partial charge in [0.15, 0.2) is 5.96 Å². The number of aryl methyl sites for hydroxylation is 1. The molecule has 0 amide bonds. The van der Waals surface area contributed by atoms with Gasteiger partial charge in [0.2, 0.25) is 0 Å². The molecule has 7 heteroatoms. The second-order valence-electron chi connectivity index (χ2n) is 6.43. The maximum Gasteiger partial charge on any atom is 0.191 e. The quantitative estimate of drug-likeness (QED) is 0.507. The molecule has 0 spiro atoms. The molecular weight excluding hydrogens is 360 g/mol. The van der Waals surface area contributed by atoms with Gasteiger partial charge in [-0.05, 0) is 54.3 Å². The summed E-state index contributed by atoms with van der Waals surface area (Å²) in [5, 5.41) is 6.39. The average Bonchev–Trinajstić information content (AvgIpc) is 3.20. The predicted molar refractivity (Wildman–Crippen MR) is 107 cm³/mol. The molecule has 28 heavy (non-hydrogen) atoms. The number of nitrogens with one attached hydrogen (secondary N) is 2. The Balaban J connectivity index is 1.52. The van der Waals surface area contributed by atoms with Crippen LogP contribution in [-0.4, -0.2) is 29.1 Å². The highest BCUT2D eigenvalue weighted by molar-refractivity contribution is 5.79. The van der Waals surface area contributed by atoms with Crippen molar-refractivity contribution in [1.29, 1.82) is 0 Å². The van der Waals surface area contributed by atoms with Gasteiger partial charge in [-0.3, -0.25) is 4.99 Å². The Bertz CT molecular complexity index is 951. The van der Waals surface area contributed by atoms with E-state index in [4.69, 9.17) is 0 Å². The van der Waals surface area contributed by atoms with Crippen LogP contribution in [0.15, 0.2) is 60.1 Å². The molecule has 146 valence electrons. The Labute approximate surface area is 163 Å². The number of aromatic nitrogens is 2. The zero-order valence-corrected chi connectivity index (χ0v) is 15.9. The smallest absolute Gasteiger partial charge is 0.191 e. The van der Waals surface area contributed by atoms with Crippen molar-refractivity contribution < 1.29 is 8.78 Å². The molecule has 0 aliphatic heterocycles. The molecule has 0 bridgehead atoms. The summed E-state index contributed by atoms with van der Waals surface area (Å²) in [5.74, 6) is 0.0869. The van der Waals surface area contributed by atoms with Crippen LogP contribution in [0.4, 0.5) is 8.78 Å². The molecule has 3 aromatic rings. The Morgan fingerprint density at radius 1 is 1.14 bits per heavy atom. The molecule has 0 saturated heterocycles. The number of rotatable bonds is 6. The Morgan fingerprint density at radius 3 is 2.68 bits per heavy atom. The molecule has 5 nitrogen and oxygen atoms in total. The van der Waals surface area contributed by atoms with Crippen molar-refractivity contribution in [1.82, 2.24) is 20.2 Å². The number of aliphatic imine (C=N–C) groups is 1. The highest BCUT2D eigenvalue weighted by atomic mass is 19.1. The maximum atomic E-state index is 14.3. The zero-order valence-electron chi connectivity index (χ0n) is 15.9. The van der Waals surface area contributed by atoms with Crippen LogP contribution in [0.25, 0.3) is 5.69 Å². The van der Waals surface area contributed by atoms with E-state index in [1.54, 1.807) is 42.5 Å². The number of hydrogen-bond acceptors (Lipinski definition) is 2. The third kappa shape index (κ3) is 4.94. The minimum atomic E-state index is -0.313. The second kappa shape index (κ2) is 9.12. The lowest BCUT2D eigenvalue weighted by Crippen LogP contribution is -2.37. The number of nitrogens with zero attached hydrogens (tertiary/aromatic N) is 3. The van der Waals surface area contributed by atoms with Crippen molar-refractivity contribution in [3.8, 4) is 5.69 Å². The first kappa shape index (κ1) is 19.5. The molecule has 0 aliphatic rings. The summed E-state index contributed by atoms with van der Waals surface area (Å²) < 4.78 is 29.1. The highest BCUT2D eigenvalue weighted by Gasteiger charge is 2.06. The van der Waals surface area contributed by atoms with Gasteiger partial charge in [0.1, 0.15) is 11.6 Å². The van der Waals surface area contributed by atoms with E-state index >= 15 is 0 Å². The number of hydrogen-bond donors (Lipinski definition) is 2. The average molecular weight is 383 g/mol. The maximum absolute atomic E-state index is 14.3. The van der Waals surface area contributed by atoms with Crippen molar-refractivity contribution >= 4 is 5.96 Å². The fraction of sp³-hybridized carbons (Fsp3) is 0.238. The topological polar surface area (TPSA) is 54.2 Å². The molecule has 3 rings (SSSR count).